The summed E-state index contributed by atoms with van der Waals surface area (Å²) in [5, 5.41) is 15.9. The van der Waals surface area contributed by atoms with E-state index in [9.17, 15) is 19.7 Å². The van der Waals surface area contributed by atoms with E-state index in [1.165, 1.54) is 18.3 Å². The molecule has 1 saturated heterocycles. The van der Waals surface area contributed by atoms with E-state index in [1.54, 1.807) is 12.1 Å². The smallest absolute Gasteiger partial charge is 0.270 e. The van der Waals surface area contributed by atoms with Crippen LogP contribution in [0.5, 0.6) is 0 Å². The normalized spacial score (nSPS) is 33.7. The highest BCUT2D eigenvalue weighted by Gasteiger charge is 2.73. The number of allylic oxidation sites excluding steroid dienone is 2. The van der Waals surface area contributed by atoms with Gasteiger partial charge in [-0.15, -0.1) is 0 Å². The van der Waals surface area contributed by atoms with Gasteiger partial charge in [0.05, 0.1) is 23.0 Å². The average Bonchev–Trinajstić information content (AvgIpc) is 3.20. The maximum Gasteiger partial charge on any atom is 0.270 e. The lowest BCUT2D eigenvalue weighted by Gasteiger charge is -2.18. The molecule has 7 heteroatoms. The highest BCUT2D eigenvalue weighted by atomic mass is 16.6. The van der Waals surface area contributed by atoms with E-state index in [4.69, 9.17) is 0 Å². The van der Waals surface area contributed by atoms with Crippen molar-refractivity contribution in [2.75, 3.05) is 0 Å². The summed E-state index contributed by atoms with van der Waals surface area (Å²) in [5.74, 6) is -0.715. The van der Waals surface area contributed by atoms with Crippen LogP contribution in [0.3, 0.4) is 0 Å². The van der Waals surface area contributed by atoms with Crippen molar-refractivity contribution in [2.24, 2.45) is 34.2 Å². The van der Waals surface area contributed by atoms with Gasteiger partial charge in [0.1, 0.15) is 0 Å². The van der Waals surface area contributed by atoms with Gasteiger partial charge in [-0.1, -0.05) is 24.3 Å². The summed E-state index contributed by atoms with van der Waals surface area (Å²) in [6.07, 6.45) is 7.75. The number of amides is 2. The molecular formula is C18H15N3O4. The largest absolute Gasteiger partial charge is 0.272 e. The summed E-state index contributed by atoms with van der Waals surface area (Å²) in [5.41, 5.74) is 0.584. The van der Waals surface area contributed by atoms with Crippen LogP contribution in [-0.4, -0.2) is 28.0 Å². The summed E-state index contributed by atoms with van der Waals surface area (Å²) in [4.78, 5) is 35.8. The minimum atomic E-state index is -0.494. The Kier molecular flexibility index (Phi) is 2.68. The molecule has 2 bridgehead atoms. The van der Waals surface area contributed by atoms with Crippen molar-refractivity contribution in [2.45, 2.75) is 12.8 Å². The fourth-order valence-corrected chi connectivity index (χ4v) is 5.02. The molecule has 2 amide bonds. The third-order valence-corrected chi connectivity index (χ3v) is 6.23. The molecule has 0 unspecified atom stereocenters. The van der Waals surface area contributed by atoms with Gasteiger partial charge in [-0.3, -0.25) is 19.7 Å². The maximum atomic E-state index is 12.7. The molecule has 1 spiro atoms. The molecular weight excluding hydrogens is 322 g/mol. The van der Waals surface area contributed by atoms with Crippen LogP contribution < -0.4 is 0 Å². The van der Waals surface area contributed by atoms with Crippen molar-refractivity contribution in [3.63, 3.8) is 0 Å². The predicted octanol–water partition coefficient (Wildman–Crippen LogP) is 2.13. The number of imide groups is 1. The molecule has 4 aliphatic rings. The number of nitro benzene ring substituents is 1. The number of carbonyl (C=O) groups excluding carboxylic acids is 2. The topological polar surface area (TPSA) is 92.9 Å². The fourth-order valence-electron chi connectivity index (χ4n) is 5.02. The van der Waals surface area contributed by atoms with Crippen LogP contribution in [0.2, 0.25) is 0 Å². The van der Waals surface area contributed by atoms with Gasteiger partial charge < -0.3 is 0 Å². The Labute approximate surface area is 143 Å². The van der Waals surface area contributed by atoms with E-state index in [0.29, 0.717) is 5.56 Å². The van der Waals surface area contributed by atoms with Gasteiger partial charge in [-0.05, 0) is 30.1 Å². The second kappa shape index (κ2) is 4.62. The van der Waals surface area contributed by atoms with E-state index in [-0.39, 0.29) is 46.6 Å². The molecule has 7 nitrogen and oxygen atoms in total. The SMILES string of the molecule is O=C1[C@@H]2[C@@H](C(=O)N1/N=C\c1cccc([N+](=O)[O-])c1)[C@@H]1C=C[C@H]2C12CC2. The number of non-ortho nitro benzene ring substituents is 1. The molecule has 4 atom stereocenters. The number of nitrogens with zero attached hydrogens (tertiary/aromatic N) is 3. The first-order valence-electron chi connectivity index (χ1n) is 8.37. The lowest BCUT2D eigenvalue weighted by atomic mass is 9.85. The summed E-state index contributed by atoms with van der Waals surface area (Å²) in [6.45, 7) is 0. The van der Waals surface area contributed by atoms with Crippen LogP contribution in [0, 0.1) is 39.2 Å². The first-order chi connectivity index (χ1) is 12.0. The summed E-state index contributed by atoms with van der Waals surface area (Å²) < 4.78 is 0. The Bertz CT molecular complexity index is 852. The monoisotopic (exact) mass is 337 g/mol. The predicted molar refractivity (Wildman–Crippen MR) is 87.3 cm³/mol. The van der Waals surface area contributed by atoms with Crippen LogP contribution in [0.25, 0.3) is 0 Å². The average molecular weight is 337 g/mol. The Morgan fingerprint density at radius 2 is 1.80 bits per heavy atom. The van der Waals surface area contributed by atoms with Crippen molar-refractivity contribution in [3.8, 4) is 0 Å². The first kappa shape index (κ1) is 14.5. The fraction of sp³-hybridized carbons (Fsp3) is 0.389. The zero-order chi connectivity index (χ0) is 17.3. The number of fused-ring (bicyclic) bond motifs is 3. The van der Waals surface area contributed by atoms with Gasteiger partial charge >= 0.3 is 0 Å². The zero-order valence-electron chi connectivity index (χ0n) is 13.2. The van der Waals surface area contributed by atoms with Gasteiger partial charge in [-0.2, -0.15) is 10.1 Å². The van der Waals surface area contributed by atoms with Crippen molar-refractivity contribution in [1.82, 2.24) is 5.01 Å². The number of hydrazone groups is 1. The first-order valence-corrected chi connectivity index (χ1v) is 8.37. The highest BCUT2D eigenvalue weighted by Crippen LogP contribution is 2.73. The molecule has 126 valence electrons. The lowest BCUT2D eigenvalue weighted by molar-refractivity contribution is -0.384. The number of hydrogen-bond donors (Lipinski definition) is 0. The molecule has 0 N–H and O–H groups in total. The molecule has 1 heterocycles. The molecule has 1 aromatic carbocycles. The number of rotatable bonds is 3. The molecule has 1 aromatic rings. The van der Waals surface area contributed by atoms with Gasteiger partial charge in [0.15, 0.2) is 0 Å². The molecule has 0 aromatic heterocycles. The zero-order valence-corrected chi connectivity index (χ0v) is 13.2. The van der Waals surface area contributed by atoms with Gasteiger partial charge in [-0.25, -0.2) is 0 Å². The standard InChI is InChI=1S/C18H15N3O4/c22-16-14-12-4-5-13(18(12)6-7-18)15(14)17(23)20(16)19-9-10-2-1-3-11(8-10)21(24)25/h1-5,8-9,12-15H,6-7H2/b19-9-/t12-,13+,14-,15-/m0/s1. The Morgan fingerprint density at radius 1 is 1.16 bits per heavy atom. The van der Waals surface area contributed by atoms with Crippen molar-refractivity contribution >= 4 is 23.7 Å². The molecule has 3 aliphatic carbocycles. The molecule has 2 saturated carbocycles. The van der Waals surface area contributed by atoms with Crippen LogP contribution in [-0.2, 0) is 9.59 Å². The van der Waals surface area contributed by atoms with E-state index in [1.807, 2.05) is 0 Å². The second-order valence-electron chi connectivity index (χ2n) is 7.31. The van der Waals surface area contributed by atoms with Crippen LogP contribution in [0.1, 0.15) is 18.4 Å². The van der Waals surface area contributed by atoms with E-state index >= 15 is 0 Å². The molecule has 0 radical (unpaired) electrons. The number of benzene rings is 1. The quantitative estimate of drug-likeness (QED) is 0.278. The third-order valence-electron chi connectivity index (χ3n) is 6.23. The van der Waals surface area contributed by atoms with Crippen molar-refractivity contribution in [3.05, 3.63) is 52.1 Å². The van der Waals surface area contributed by atoms with Gasteiger partial charge in [0.2, 0.25) is 0 Å². The number of nitro groups is 1. The second-order valence-corrected chi connectivity index (χ2v) is 7.31. The van der Waals surface area contributed by atoms with Gasteiger partial charge in [0.25, 0.3) is 17.5 Å². The minimum Gasteiger partial charge on any atom is -0.272 e. The highest BCUT2D eigenvalue weighted by molar-refractivity contribution is 6.07. The molecule has 25 heavy (non-hydrogen) atoms. The van der Waals surface area contributed by atoms with E-state index in [2.05, 4.69) is 17.3 Å². The third kappa shape index (κ3) is 1.78. The van der Waals surface area contributed by atoms with Crippen LogP contribution in [0.4, 0.5) is 5.69 Å². The Hall–Kier alpha value is -2.83. The number of carbonyl (C=O) groups is 2. The summed E-state index contributed by atoms with van der Waals surface area (Å²) >= 11 is 0. The van der Waals surface area contributed by atoms with Crippen LogP contribution >= 0.6 is 0 Å². The van der Waals surface area contributed by atoms with E-state index in [0.717, 1.165) is 17.9 Å². The maximum absolute atomic E-state index is 12.7. The lowest BCUT2D eigenvalue weighted by Crippen LogP contribution is -2.30. The Balaban J connectivity index is 1.42. The van der Waals surface area contributed by atoms with Gasteiger partial charge in [0, 0.05) is 17.7 Å². The van der Waals surface area contributed by atoms with E-state index < -0.39 is 4.92 Å². The molecule has 1 aliphatic heterocycles. The van der Waals surface area contributed by atoms with Crippen molar-refractivity contribution in [1.29, 1.82) is 0 Å². The Morgan fingerprint density at radius 3 is 2.36 bits per heavy atom. The summed E-state index contributed by atoms with van der Waals surface area (Å²) in [7, 11) is 0. The minimum absolute atomic E-state index is 0.0576. The molecule has 5 rings (SSSR count). The molecule has 3 fully saturated rings. The van der Waals surface area contributed by atoms with Crippen LogP contribution in [0.15, 0.2) is 41.5 Å². The summed E-state index contributed by atoms with van der Waals surface area (Å²) in [6, 6.07) is 5.93. The van der Waals surface area contributed by atoms with Crippen molar-refractivity contribution < 1.29 is 14.5 Å². The number of hydrogen-bond acceptors (Lipinski definition) is 5.